The van der Waals surface area contributed by atoms with E-state index in [2.05, 4.69) is 17.6 Å². The van der Waals surface area contributed by atoms with Crippen molar-refractivity contribution in [3.05, 3.63) is 35.4 Å². The van der Waals surface area contributed by atoms with Crippen molar-refractivity contribution in [1.82, 2.24) is 10.6 Å². The number of amides is 1. The molecule has 98 valence electrons. The molecule has 1 aromatic carbocycles. The summed E-state index contributed by atoms with van der Waals surface area (Å²) < 4.78 is 0. The van der Waals surface area contributed by atoms with Gasteiger partial charge in [-0.2, -0.15) is 0 Å². The molecule has 3 heteroatoms. The van der Waals surface area contributed by atoms with Gasteiger partial charge in [-0.05, 0) is 50.4 Å². The van der Waals surface area contributed by atoms with Gasteiger partial charge in [0.25, 0.3) is 5.91 Å². The third-order valence-corrected chi connectivity index (χ3v) is 3.77. The molecule has 1 aromatic rings. The molecular formula is C15H22N2O. The van der Waals surface area contributed by atoms with Gasteiger partial charge in [-0.1, -0.05) is 24.6 Å². The van der Waals surface area contributed by atoms with Crippen molar-refractivity contribution in [2.24, 2.45) is 5.41 Å². The lowest BCUT2D eigenvalue weighted by Gasteiger charge is -2.34. The molecule has 18 heavy (non-hydrogen) atoms. The van der Waals surface area contributed by atoms with Crippen LogP contribution in [-0.4, -0.2) is 25.5 Å². The van der Waals surface area contributed by atoms with E-state index in [0.717, 1.165) is 43.6 Å². The molecule has 2 rings (SSSR count). The normalized spacial score (nSPS) is 18.3. The van der Waals surface area contributed by atoms with E-state index in [-0.39, 0.29) is 11.3 Å². The molecule has 1 aliphatic rings. The van der Waals surface area contributed by atoms with Crippen LogP contribution in [0.5, 0.6) is 0 Å². The number of carbonyl (C=O) groups is 1. The minimum Gasteiger partial charge on any atom is -0.351 e. The topological polar surface area (TPSA) is 41.1 Å². The molecule has 0 aromatic heterocycles. The second kappa shape index (κ2) is 5.53. The molecule has 0 unspecified atom stereocenters. The molecule has 1 amide bonds. The van der Waals surface area contributed by atoms with Gasteiger partial charge in [0.1, 0.15) is 0 Å². The average Bonchev–Trinajstić information content (AvgIpc) is 2.37. The van der Waals surface area contributed by atoms with Crippen molar-refractivity contribution in [3.63, 3.8) is 0 Å². The molecule has 0 spiro atoms. The maximum Gasteiger partial charge on any atom is 0.251 e. The lowest BCUT2D eigenvalue weighted by Crippen LogP contribution is -2.42. The summed E-state index contributed by atoms with van der Waals surface area (Å²) in [7, 11) is 0. The van der Waals surface area contributed by atoms with Crippen molar-refractivity contribution >= 4 is 5.91 Å². The van der Waals surface area contributed by atoms with E-state index in [4.69, 9.17) is 0 Å². The molecule has 1 aliphatic heterocycles. The Morgan fingerprint density at radius 1 is 1.39 bits per heavy atom. The number of benzene rings is 1. The maximum atomic E-state index is 12.1. The van der Waals surface area contributed by atoms with Gasteiger partial charge in [-0.25, -0.2) is 0 Å². The fourth-order valence-electron chi connectivity index (χ4n) is 2.39. The standard InChI is InChI=1S/C15H22N2O/c1-12-4-3-5-13(10-12)14(18)17-11-15(2)6-8-16-9-7-15/h3-5,10,16H,6-9,11H2,1-2H3,(H,17,18). The summed E-state index contributed by atoms with van der Waals surface area (Å²) in [6.07, 6.45) is 2.25. The molecule has 0 bridgehead atoms. The molecule has 1 saturated heterocycles. The molecule has 0 saturated carbocycles. The van der Waals surface area contributed by atoms with Crippen molar-refractivity contribution in [3.8, 4) is 0 Å². The van der Waals surface area contributed by atoms with E-state index in [9.17, 15) is 4.79 Å². The number of aryl methyl sites for hydroxylation is 1. The minimum atomic E-state index is 0.0402. The number of hydrogen-bond donors (Lipinski definition) is 2. The van der Waals surface area contributed by atoms with Crippen molar-refractivity contribution in [1.29, 1.82) is 0 Å². The molecule has 1 heterocycles. The Bertz CT molecular complexity index is 422. The Balaban J connectivity index is 1.92. The van der Waals surface area contributed by atoms with Crippen LogP contribution in [0.3, 0.4) is 0 Å². The van der Waals surface area contributed by atoms with Crippen molar-refractivity contribution in [2.75, 3.05) is 19.6 Å². The monoisotopic (exact) mass is 246 g/mol. The zero-order chi connectivity index (χ0) is 13.0. The van der Waals surface area contributed by atoms with E-state index in [1.165, 1.54) is 0 Å². The first kappa shape index (κ1) is 13.1. The first-order valence-corrected chi connectivity index (χ1v) is 6.65. The van der Waals surface area contributed by atoms with Gasteiger partial charge >= 0.3 is 0 Å². The predicted molar refractivity (Wildman–Crippen MR) is 73.7 cm³/mol. The summed E-state index contributed by atoms with van der Waals surface area (Å²) >= 11 is 0. The Morgan fingerprint density at radius 3 is 2.78 bits per heavy atom. The van der Waals surface area contributed by atoms with Crippen molar-refractivity contribution in [2.45, 2.75) is 26.7 Å². The summed E-state index contributed by atoms with van der Waals surface area (Å²) in [5.74, 6) is 0.0402. The Kier molecular flexibility index (Phi) is 4.02. The summed E-state index contributed by atoms with van der Waals surface area (Å²) in [5.41, 5.74) is 2.12. The van der Waals surface area contributed by atoms with Crippen LogP contribution in [-0.2, 0) is 0 Å². The Hall–Kier alpha value is -1.35. The highest BCUT2D eigenvalue weighted by atomic mass is 16.1. The van der Waals surface area contributed by atoms with Crippen LogP contribution in [0.25, 0.3) is 0 Å². The summed E-state index contributed by atoms with van der Waals surface area (Å²) in [5, 5.41) is 6.42. The summed E-state index contributed by atoms with van der Waals surface area (Å²) in [4.78, 5) is 12.1. The lowest BCUT2D eigenvalue weighted by molar-refractivity contribution is 0.0922. The molecular weight excluding hydrogens is 224 g/mol. The number of piperidine rings is 1. The van der Waals surface area contributed by atoms with Crippen LogP contribution >= 0.6 is 0 Å². The fraction of sp³-hybridized carbons (Fsp3) is 0.533. The van der Waals surface area contributed by atoms with Crippen molar-refractivity contribution < 1.29 is 4.79 Å². The first-order valence-electron chi connectivity index (χ1n) is 6.65. The van der Waals surface area contributed by atoms with Crippen LogP contribution in [0.2, 0.25) is 0 Å². The SMILES string of the molecule is Cc1cccc(C(=O)NCC2(C)CCNCC2)c1. The molecule has 2 N–H and O–H groups in total. The molecule has 0 aliphatic carbocycles. The minimum absolute atomic E-state index is 0.0402. The van der Waals surface area contributed by atoms with Crippen LogP contribution in [0.1, 0.15) is 35.7 Å². The smallest absolute Gasteiger partial charge is 0.251 e. The number of carbonyl (C=O) groups excluding carboxylic acids is 1. The average molecular weight is 246 g/mol. The van der Waals surface area contributed by atoms with E-state index in [1.54, 1.807) is 0 Å². The van der Waals surface area contributed by atoms with Gasteiger partial charge in [0.05, 0.1) is 0 Å². The predicted octanol–water partition coefficient (Wildman–Crippen LogP) is 2.11. The van der Waals surface area contributed by atoms with E-state index in [0.29, 0.717) is 0 Å². The molecule has 0 radical (unpaired) electrons. The first-order chi connectivity index (χ1) is 8.59. The van der Waals surface area contributed by atoms with E-state index >= 15 is 0 Å². The van der Waals surface area contributed by atoms with E-state index in [1.807, 2.05) is 31.2 Å². The van der Waals surface area contributed by atoms with Crippen LogP contribution in [0.15, 0.2) is 24.3 Å². The molecule has 1 fully saturated rings. The van der Waals surface area contributed by atoms with E-state index < -0.39 is 0 Å². The highest BCUT2D eigenvalue weighted by molar-refractivity contribution is 5.94. The van der Waals surface area contributed by atoms with Crippen LogP contribution in [0.4, 0.5) is 0 Å². The van der Waals surface area contributed by atoms with Gasteiger partial charge < -0.3 is 10.6 Å². The second-order valence-electron chi connectivity index (χ2n) is 5.61. The van der Waals surface area contributed by atoms with Gasteiger partial charge in [0.2, 0.25) is 0 Å². The zero-order valence-corrected chi connectivity index (χ0v) is 11.3. The number of rotatable bonds is 3. The van der Waals surface area contributed by atoms with Gasteiger partial charge in [0, 0.05) is 12.1 Å². The number of hydrogen-bond acceptors (Lipinski definition) is 2. The Labute approximate surface area is 109 Å². The Morgan fingerprint density at radius 2 is 2.11 bits per heavy atom. The van der Waals surface area contributed by atoms with Crippen LogP contribution < -0.4 is 10.6 Å². The third kappa shape index (κ3) is 3.33. The fourth-order valence-corrected chi connectivity index (χ4v) is 2.39. The maximum absolute atomic E-state index is 12.1. The molecule has 0 atom stereocenters. The van der Waals surface area contributed by atoms with Gasteiger partial charge in [-0.3, -0.25) is 4.79 Å². The van der Waals surface area contributed by atoms with Crippen LogP contribution in [0, 0.1) is 12.3 Å². The second-order valence-corrected chi connectivity index (χ2v) is 5.61. The highest BCUT2D eigenvalue weighted by Gasteiger charge is 2.27. The molecule has 3 nitrogen and oxygen atoms in total. The third-order valence-electron chi connectivity index (χ3n) is 3.77. The lowest BCUT2D eigenvalue weighted by atomic mass is 9.81. The summed E-state index contributed by atoms with van der Waals surface area (Å²) in [6.45, 7) is 7.13. The summed E-state index contributed by atoms with van der Waals surface area (Å²) in [6, 6.07) is 7.73. The zero-order valence-electron chi connectivity index (χ0n) is 11.3. The van der Waals surface area contributed by atoms with Gasteiger partial charge in [-0.15, -0.1) is 0 Å². The quantitative estimate of drug-likeness (QED) is 0.857. The van der Waals surface area contributed by atoms with Gasteiger partial charge in [0.15, 0.2) is 0 Å². The largest absolute Gasteiger partial charge is 0.351 e. The highest BCUT2D eigenvalue weighted by Crippen LogP contribution is 2.26. The number of nitrogens with one attached hydrogen (secondary N) is 2.